The van der Waals surface area contributed by atoms with Crippen LogP contribution in [0.2, 0.25) is 0 Å². The van der Waals surface area contributed by atoms with E-state index in [1.54, 1.807) is 12.1 Å². The predicted molar refractivity (Wildman–Crippen MR) is 115 cm³/mol. The number of halogens is 1. The number of nitrogens with zero attached hydrogens (tertiary/aromatic N) is 1. The molecule has 0 aliphatic carbocycles. The molecule has 0 aromatic heterocycles. The van der Waals surface area contributed by atoms with Crippen molar-refractivity contribution >= 4 is 22.6 Å². The van der Waals surface area contributed by atoms with Gasteiger partial charge in [0.05, 0.1) is 0 Å². The van der Waals surface area contributed by atoms with Crippen molar-refractivity contribution in [2.45, 2.75) is 25.9 Å². The van der Waals surface area contributed by atoms with E-state index in [-0.39, 0.29) is 30.8 Å². The molecule has 5 nitrogen and oxygen atoms in total. The quantitative estimate of drug-likeness (QED) is 0.615. The van der Waals surface area contributed by atoms with Crippen molar-refractivity contribution in [1.82, 2.24) is 10.2 Å². The molecule has 0 saturated carbocycles. The molecule has 0 radical (unpaired) electrons. The van der Waals surface area contributed by atoms with Gasteiger partial charge in [0.25, 0.3) is 5.91 Å². The third-order valence-corrected chi connectivity index (χ3v) is 5.00. The van der Waals surface area contributed by atoms with E-state index < -0.39 is 6.04 Å². The summed E-state index contributed by atoms with van der Waals surface area (Å²) in [5, 5.41) is 4.54. The molecule has 0 aliphatic rings. The summed E-state index contributed by atoms with van der Waals surface area (Å²) in [5.41, 5.74) is 0.734. The van der Waals surface area contributed by atoms with E-state index in [2.05, 4.69) is 5.32 Å². The molecule has 2 amide bonds. The molecule has 0 bridgehead atoms. The fourth-order valence-corrected chi connectivity index (χ4v) is 3.42. The number of carbonyl (C=O) groups is 2. The van der Waals surface area contributed by atoms with Crippen LogP contribution in [0.1, 0.15) is 18.9 Å². The Balaban J connectivity index is 1.81. The normalized spacial score (nSPS) is 11.7. The zero-order valence-corrected chi connectivity index (χ0v) is 17.1. The van der Waals surface area contributed by atoms with Gasteiger partial charge in [0.15, 0.2) is 6.61 Å². The number of carbonyl (C=O) groups excluding carboxylic acids is 2. The fraction of sp³-hybridized carbons (Fsp3) is 0.250. The minimum absolute atomic E-state index is 0.184. The standard InChI is InChI=1S/C24H25FN2O3/c1-3-21(24(29)26-2)27(15-17-11-13-19(25)14-12-17)23(28)16-30-22-10-6-8-18-7-4-5-9-20(18)22/h4-14,21H,3,15-16H2,1-2H3,(H,26,29)/t21-/m0/s1. The molecule has 30 heavy (non-hydrogen) atoms. The number of amides is 2. The van der Waals surface area contributed by atoms with Crippen LogP contribution in [0.4, 0.5) is 4.39 Å². The smallest absolute Gasteiger partial charge is 0.261 e. The molecule has 156 valence electrons. The molecule has 0 heterocycles. The number of hydrogen-bond acceptors (Lipinski definition) is 3. The van der Waals surface area contributed by atoms with Crippen molar-refractivity contribution in [2.75, 3.05) is 13.7 Å². The monoisotopic (exact) mass is 408 g/mol. The van der Waals surface area contributed by atoms with Crippen LogP contribution in [0.5, 0.6) is 5.75 Å². The molecule has 0 spiro atoms. The highest BCUT2D eigenvalue weighted by Crippen LogP contribution is 2.25. The number of fused-ring (bicyclic) bond motifs is 1. The van der Waals surface area contributed by atoms with Crippen LogP contribution in [0.15, 0.2) is 66.7 Å². The Morgan fingerprint density at radius 1 is 1.03 bits per heavy atom. The Hall–Kier alpha value is -3.41. The minimum atomic E-state index is -0.649. The molecule has 0 saturated heterocycles. The molecule has 3 aromatic rings. The Labute approximate surface area is 175 Å². The molecule has 0 fully saturated rings. The molecular weight excluding hydrogens is 383 g/mol. The van der Waals surface area contributed by atoms with Crippen molar-refractivity contribution in [2.24, 2.45) is 0 Å². The van der Waals surface area contributed by atoms with Gasteiger partial charge < -0.3 is 15.0 Å². The first-order chi connectivity index (χ1) is 14.5. The Kier molecular flexibility index (Phi) is 7.01. The summed E-state index contributed by atoms with van der Waals surface area (Å²) in [4.78, 5) is 27.0. The zero-order valence-electron chi connectivity index (χ0n) is 17.1. The lowest BCUT2D eigenvalue weighted by Gasteiger charge is -2.30. The topological polar surface area (TPSA) is 58.6 Å². The van der Waals surface area contributed by atoms with Crippen LogP contribution in [-0.2, 0) is 16.1 Å². The summed E-state index contributed by atoms with van der Waals surface area (Å²) in [6, 6.07) is 18.7. The highest BCUT2D eigenvalue weighted by atomic mass is 19.1. The highest BCUT2D eigenvalue weighted by Gasteiger charge is 2.28. The van der Waals surface area contributed by atoms with Crippen LogP contribution in [0, 0.1) is 5.82 Å². The van der Waals surface area contributed by atoms with E-state index in [4.69, 9.17) is 4.74 Å². The third-order valence-electron chi connectivity index (χ3n) is 5.00. The van der Waals surface area contributed by atoms with E-state index in [9.17, 15) is 14.0 Å². The van der Waals surface area contributed by atoms with Gasteiger partial charge in [0, 0.05) is 19.0 Å². The zero-order chi connectivity index (χ0) is 21.5. The van der Waals surface area contributed by atoms with Crippen LogP contribution >= 0.6 is 0 Å². The summed E-state index contributed by atoms with van der Waals surface area (Å²) in [6.07, 6.45) is 0.445. The molecule has 3 rings (SSSR count). The Morgan fingerprint density at radius 2 is 1.73 bits per heavy atom. The van der Waals surface area contributed by atoms with Gasteiger partial charge >= 0.3 is 0 Å². The number of rotatable bonds is 8. The molecule has 1 atom stereocenters. The number of hydrogen-bond donors (Lipinski definition) is 1. The van der Waals surface area contributed by atoms with Crippen molar-refractivity contribution in [1.29, 1.82) is 0 Å². The van der Waals surface area contributed by atoms with Gasteiger partial charge in [-0.3, -0.25) is 9.59 Å². The van der Waals surface area contributed by atoms with Crippen molar-refractivity contribution in [3.63, 3.8) is 0 Å². The lowest BCUT2D eigenvalue weighted by Crippen LogP contribution is -2.49. The molecule has 0 aliphatic heterocycles. The maximum absolute atomic E-state index is 13.3. The Bertz CT molecular complexity index is 1020. The number of benzene rings is 3. The van der Waals surface area contributed by atoms with E-state index in [1.165, 1.54) is 24.1 Å². The summed E-state index contributed by atoms with van der Waals surface area (Å²) in [5.74, 6) is -0.314. The van der Waals surface area contributed by atoms with Gasteiger partial charge in [0.1, 0.15) is 17.6 Å². The van der Waals surface area contributed by atoms with Gasteiger partial charge in [-0.2, -0.15) is 0 Å². The number of nitrogens with one attached hydrogen (secondary N) is 1. The first-order valence-electron chi connectivity index (χ1n) is 9.89. The second-order valence-electron chi connectivity index (χ2n) is 6.95. The van der Waals surface area contributed by atoms with Gasteiger partial charge in [-0.05, 0) is 35.6 Å². The van der Waals surface area contributed by atoms with Crippen molar-refractivity contribution in [3.8, 4) is 5.75 Å². The first kappa shape index (κ1) is 21.3. The van der Waals surface area contributed by atoms with Crippen LogP contribution in [-0.4, -0.2) is 36.4 Å². The maximum Gasteiger partial charge on any atom is 0.261 e. The van der Waals surface area contributed by atoms with Crippen LogP contribution in [0.25, 0.3) is 10.8 Å². The van der Waals surface area contributed by atoms with Gasteiger partial charge in [0.2, 0.25) is 5.91 Å². The van der Waals surface area contributed by atoms with E-state index >= 15 is 0 Å². The van der Waals surface area contributed by atoms with E-state index in [0.717, 1.165) is 16.3 Å². The Morgan fingerprint density at radius 3 is 2.43 bits per heavy atom. The predicted octanol–water partition coefficient (Wildman–Crippen LogP) is 3.91. The summed E-state index contributed by atoms with van der Waals surface area (Å²) < 4.78 is 19.1. The lowest BCUT2D eigenvalue weighted by molar-refractivity contribution is -0.142. The minimum Gasteiger partial charge on any atom is -0.483 e. The second-order valence-corrected chi connectivity index (χ2v) is 6.95. The number of likely N-dealkylation sites (N-methyl/N-ethyl adjacent to an activating group) is 1. The van der Waals surface area contributed by atoms with Crippen LogP contribution < -0.4 is 10.1 Å². The third kappa shape index (κ3) is 4.95. The second kappa shape index (κ2) is 9.87. The largest absolute Gasteiger partial charge is 0.483 e. The molecular formula is C24H25FN2O3. The fourth-order valence-electron chi connectivity index (χ4n) is 3.42. The van der Waals surface area contributed by atoms with Gasteiger partial charge in [-0.25, -0.2) is 4.39 Å². The molecule has 0 unspecified atom stereocenters. The average Bonchev–Trinajstić information content (AvgIpc) is 2.78. The SMILES string of the molecule is CC[C@@H](C(=O)NC)N(Cc1ccc(F)cc1)C(=O)COc1cccc2ccccc12. The van der Waals surface area contributed by atoms with Gasteiger partial charge in [-0.1, -0.05) is 55.5 Å². The van der Waals surface area contributed by atoms with Crippen molar-refractivity contribution < 1.29 is 18.7 Å². The van der Waals surface area contributed by atoms with Crippen molar-refractivity contribution in [3.05, 3.63) is 78.1 Å². The molecule has 3 aromatic carbocycles. The molecule has 6 heteroatoms. The average molecular weight is 408 g/mol. The summed E-state index contributed by atoms with van der Waals surface area (Å²) in [7, 11) is 1.54. The molecule has 1 N–H and O–H groups in total. The number of ether oxygens (including phenoxy) is 1. The lowest BCUT2D eigenvalue weighted by atomic mass is 10.1. The maximum atomic E-state index is 13.3. The van der Waals surface area contributed by atoms with Gasteiger partial charge in [-0.15, -0.1) is 0 Å². The summed E-state index contributed by atoms with van der Waals surface area (Å²) in [6.45, 7) is 1.82. The highest BCUT2D eigenvalue weighted by molar-refractivity contribution is 5.90. The van der Waals surface area contributed by atoms with Crippen LogP contribution in [0.3, 0.4) is 0 Å². The van der Waals surface area contributed by atoms with E-state index in [0.29, 0.717) is 12.2 Å². The van der Waals surface area contributed by atoms with E-state index in [1.807, 2.05) is 49.4 Å². The first-order valence-corrected chi connectivity index (χ1v) is 9.89. The summed E-state index contributed by atoms with van der Waals surface area (Å²) >= 11 is 0.